The van der Waals surface area contributed by atoms with E-state index in [9.17, 15) is 8.42 Å². The van der Waals surface area contributed by atoms with Crippen LogP contribution < -0.4 is 0 Å². The Kier molecular flexibility index (Phi) is 3.54. The van der Waals surface area contributed by atoms with Crippen LogP contribution in [0, 0.1) is 0 Å². The van der Waals surface area contributed by atoms with Gasteiger partial charge in [0.1, 0.15) is 4.21 Å². The fourth-order valence-corrected chi connectivity index (χ4v) is 5.49. The van der Waals surface area contributed by atoms with Gasteiger partial charge in [-0.3, -0.25) is 0 Å². The van der Waals surface area contributed by atoms with Crippen LogP contribution in [0.5, 0.6) is 0 Å². The third kappa shape index (κ3) is 2.59. The first-order valence-corrected chi connectivity index (χ1v) is 9.84. The molecule has 1 saturated heterocycles. The van der Waals surface area contributed by atoms with E-state index in [1.54, 1.807) is 21.8 Å². The van der Waals surface area contributed by atoms with E-state index < -0.39 is 10.0 Å². The van der Waals surface area contributed by atoms with E-state index in [0.29, 0.717) is 34.9 Å². The molecule has 0 amide bonds. The minimum absolute atomic E-state index is 0.0275. The van der Waals surface area contributed by atoms with Crippen molar-refractivity contribution in [1.29, 1.82) is 0 Å². The van der Waals surface area contributed by atoms with Crippen molar-refractivity contribution in [2.75, 3.05) is 13.1 Å². The molecule has 4 rings (SSSR count). The van der Waals surface area contributed by atoms with E-state index in [4.69, 9.17) is 4.52 Å². The van der Waals surface area contributed by atoms with E-state index >= 15 is 0 Å². The van der Waals surface area contributed by atoms with E-state index in [2.05, 4.69) is 10.1 Å². The van der Waals surface area contributed by atoms with Gasteiger partial charge >= 0.3 is 0 Å². The highest BCUT2D eigenvalue weighted by Gasteiger charge is 2.35. The zero-order valence-corrected chi connectivity index (χ0v) is 13.6. The highest BCUT2D eigenvalue weighted by atomic mass is 32.2. The van der Waals surface area contributed by atoms with Crippen LogP contribution in [0.15, 0.2) is 26.2 Å². The molecule has 118 valence electrons. The maximum Gasteiger partial charge on any atom is 0.252 e. The van der Waals surface area contributed by atoms with Crippen LogP contribution in [0.25, 0.3) is 0 Å². The highest BCUT2D eigenvalue weighted by Crippen LogP contribution is 2.40. The van der Waals surface area contributed by atoms with Crippen molar-refractivity contribution < 1.29 is 12.9 Å². The van der Waals surface area contributed by atoms with Gasteiger partial charge in [0, 0.05) is 24.9 Å². The first kappa shape index (κ1) is 14.3. The molecule has 2 aromatic rings. The maximum atomic E-state index is 12.6. The average molecular weight is 339 g/mol. The second-order valence-corrected chi connectivity index (χ2v) is 9.01. The molecule has 1 atom stereocenters. The van der Waals surface area contributed by atoms with Gasteiger partial charge in [0.25, 0.3) is 10.0 Å². The Balaban J connectivity index is 1.54. The van der Waals surface area contributed by atoms with Gasteiger partial charge < -0.3 is 4.52 Å². The summed E-state index contributed by atoms with van der Waals surface area (Å²) in [4.78, 5) is 4.48. The lowest BCUT2D eigenvalue weighted by Crippen LogP contribution is -2.39. The van der Waals surface area contributed by atoms with Gasteiger partial charge in [-0.25, -0.2) is 8.42 Å². The molecule has 1 saturated carbocycles. The Labute approximate surface area is 133 Å². The van der Waals surface area contributed by atoms with E-state index in [1.165, 1.54) is 11.3 Å². The van der Waals surface area contributed by atoms with Gasteiger partial charge in [0.15, 0.2) is 5.82 Å². The number of nitrogens with zero attached hydrogens (tertiary/aromatic N) is 3. The summed E-state index contributed by atoms with van der Waals surface area (Å²) in [7, 11) is -3.39. The smallest absolute Gasteiger partial charge is 0.252 e. The Bertz CT molecular complexity index is 750. The van der Waals surface area contributed by atoms with E-state index in [-0.39, 0.29) is 5.92 Å². The number of hydrogen-bond donors (Lipinski definition) is 0. The van der Waals surface area contributed by atoms with Gasteiger partial charge in [-0.2, -0.15) is 9.29 Å². The summed E-state index contributed by atoms with van der Waals surface area (Å²) in [5, 5.41) is 5.86. The lowest BCUT2D eigenvalue weighted by Gasteiger charge is -2.29. The van der Waals surface area contributed by atoms with Crippen LogP contribution in [-0.2, 0) is 10.0 Å². The van der Waals surface area contributed by atoms with Crippen LogP contribution >= 0.6 is 11.3 Å². The first-order chi connectivity index (χ1) is 10.6. The predicted octanol–water partition coefficient (Wildman–Crippen LogP) is 2.58. The number of rotatable bonds is 4. The van der Waals surface area contributed by atoms with Gasteiger partial charge in [-0.15, -0.1) is 11.3 Å². The summed E-state index contributed by atoms with van der Waals surface area (Å²) in [6.07, 6.45) is 3.96. The maximum absolute atomic E-state index is 12.6. The highest BCUT2D eigenvalue weighted by molar-refractivity contribution is 7.91. The second kappa shape index (κ2) is 5.43. The van der Waals surface area contributed by atoms with Crippen LogP contribution in [0.1, 0.15) is 49.2 Å². The predicted molar refractivity (Wildman–Crippen MR) is 81.3 cm³/mol. The Morgan fingerprint density at radius 3 is 2.86 bits per heavy atom. The SMILES string of the molecule is O=S(=O)(c1cccs1)N1CCC[C@H](c2noc(C3CC3)n2)C1. The number of thiophene rings is 1. The molecule has 0 N–H and O–H groups in total. The Morgan fingerprint density at radius 2 is 2.14 bits per heavy atom. The molecule has 0 unspecified atom stereocenters. The molecule has 0 aromatic carbocycles. The topological polar surface area (TPSA) is 76.3 Å². The lowest BCUT2D eigenvalue weighted by molar-refractivity contribution is 0.301. The molecule has 1 aliphatic heterocycles. The Hall–Kier alpha value is -1.25. The molecular weight excluding hydrogens is 322 g/mol. The van der Waals surface area contributed by atoms with Crippen LogP contribution in [0.2, 0.25) is 0 Å². The molecule has 0 spiro atoms. The van der Waals surface area contributed by atoms with Gasteiger partial charge in [0.2, 0.25) is 5.89 Å². The average Bonchev–Trinajstić information content (AvgIpc) is 3.06. The summed E-state index contributed by atoms with van der Waals surface area (Å²) in [6, 6.07) is 3.42. The summed E-state index contributed by atoms with van der Waals surface area (Å²) in [5.41, 5.74) is 0. The minimum atomic E-state index is -3.39. The third-order valence-corrected chi connectivity index (χ3v) is 7.46. The summed E-state index contributed by atoms with van der Waals surface area (Å²) < 4.78 is 32.5. The fraction of sp³-hybridized carbons (Fsp3) is 0.571. The normalized spacial score (nSPS) is 23.7. The number of hydrogen-bond acceptors (Lipinski definition) is 6. The molecule has 2 aromatic heterocycles. The number of aromatic nitrogens is 2. The van der Waals surface area contributed by atoms with Crippen molar-refractivity contribution in [3.8, 4) is 0 Å². The lowest BCUT2D eigenvalue weighted by atomic mass is 9.99. The molecule has 0 radical (unpaired) electrons. The van der Waals surface area contributed by atoms with Gasteiger partial charge in [-0.05, 0) is 37.1 Å². The first-order valence-electron chi connectivity index (χ1n) is 7.52. The van der Waals surface area contributed by atoms with Crippen molar-refractivity contribution in [3.63, 3.8) is 0 Å². The van der Waals surface area contributed by atoms with E-state index in [1.807, 2.05) is 0 Å². The van der Waals surface area contributed by atoms with Crippen molar-refractivity contribution >= 4 is 21.4 Å². The summed E-state index contributed by atoms with van der Waals surface area (Å²) in [5.74, 6) is 1.83. The molecule has 3 heterocycles. The third-order valence-electron chi connectivity index (χ3n) is 4.22. The van der Waals surface area contributed by atoms with Gasteiger partial charge in [0.05, 0.1) is 0 Å². The molecule has 0 bridgehead atoms. The zero-order valence-electron chi connectivity index (χ0n) is 12.0. The molecule has 2 aliphatic rings. The van der Waals surface area contributed by atoms with Crippen molar-refractivity contribution in [2.24, 2.45) is 0 Å². The molecular formula is C14H17N3O3S2. The Morgan fingerprint density at radius 1 is 1.27 bits per heavy atom. The fourth-order valence-electron chi connectivity index (χ4n) is 2.82. The van der Waals surface area contributed by atoms with E-state index in [0.717, 1.165) is 25.7 Å². The number of sulfonamides is 1. The summed E-state index contributed by atoms with van der Waals surface area (Å²) in [6.45, 7) is 0.994. The molecule has 22 heavy (non-hydrogen) atoms. The minimum Gasteiger partial charge on any atom is -0.339 e. The summed E-state index contributed by atoms with van der Waals surface area (Å²) >= 11 is 1.26. The monoisotopic (exact) mass is 339 g/mol. The second-order valence-electron chi connectivity index (χ2n) is 5.90. The van der Waals surface area contributed by atoms with Gasteiger partial charge in [-0.1, -0.05) is 11.2 Å². The molecule has 1 aliphatic carbocycles. The molecule has 6 nitrogen and oxygen atoms in total. The molecule has 2 fully saturated rings. The largest absolute Gasteiger partial charge is 0.339 e. The van der Waals surface area contributed by atoms with Crippen molar-refractivity contribution in [1.82, 2.24) is 14.4 Å². The number of piperidine rings is 1. The zero-order chi connectivity index (χ0) is 15.2. The molecule has 8 heteroatoms. The van der Waals surface area contributed by atoms with Crippen LogP contribution in [0.3, 0.4) is 0 Å². The van der Waals surface area contributed by atoms with Crippen LogP contribution in [-0.4, -0.2) is 36.0 Å². The standard InChI is InChI=1S/C14H17N3O3S2/c18-22(19,12-4-2-8-21-12)17-7-1-3-11(9-17)13-15-14(20-16-13)10-5-6-10/h2,4,8,10-11H,1,3,5-7,9H2/t11-/m0/s1. The van der Waals surface area contributed by atoms with Crippen molar-refractivity contribution in [3.05, 3.63) is 29.2 Å². The van der Waals surface area contributed by atoms with Crippen LogP contribution in [0.4, 0.5) is 0 Å². The van der Waals surface area contributed by atoms with Crippen molar-refractivity contribution in [2.45, 2.75) is 41.7 Å². The quantitative estimate of drug-likeness (QED) is 0.856.